The van der Waals surface area contributed by atoms with Crippen molar-refractivity contribution in [1.29, 1.82) is 0 Å². The minimum atomic E-state index is -4.96. The van der Waals surface area contributed by atoms with Crippen molar-refractivity contribution in [3.8, 4) is 0 Å². The van der Waals surface area contributed by atoms with Crippen molar-refractivity contribution in [2.45, 2.75) is 439 Å². The average molecular weight is 1470 g/mol. The summed E-state index contributed by atoms with van der Waals surface area (Å²) in [7, 11) is -9.92. The second kappa shape index (κ2) is 71.3. The van der Waals surface area contributed by atoms with Crippen LogP contribution in [0, 0.1) is 17.8 Å². The predicted molar refractivity (Wildman–Crippen MR) is 409 cm³/mol. The molecule has 0 aromatic heterocycles. The third-order valence-corrected chi connectivity index (χ3v) is 20.8. The van der Waals surface area contributed by atoms with Gasteiger partial charge < -0.3 is 33.8 Å². The van der Waals surface area contributed by atoms with Gasteiger partial charge in [0.15, 0.2) is 12.2 Å². The molecule has 5 atom stereocenters. The second-order valence-corrected chi connectivity index (χ2v) is 33.5. The Balaban J connectivity index is 5.25. The summed E-state index contributed by atoms with van der Waals surface area (Å²) in [5.74, 6) is 0.171. The van der Waals surface area contributed by atoms with E-state index in [0.29, 0.717) is 25.7 Å². The summed E-state index contributed by atoms with van der Waals surface area (Å²) in [4.78, 5) is 73.0. The highest BCUT2D eigenvalue weighted by Gasteiger charge is 2.30. The number of rotatable bonds is 79. The third-order valence-electron chi connectivity index (χ3n) is 18.9. The summed E-state index contributed by atoms with van der Waals surface area (Å²) in [5, 5.41) is 10.6. The van der Waals surface area contributed by atoms with Crippen molar-refractivity contribution in [2.24, 2.45) is 17.8 Å². The molecule has 0 rings (SSSR count). The quantitative estimate of drug-likeness (QED) is 0.0222. The summed E-state index contributed by atoms with van der Waals surface area (Å²) in [6, 6.07) is 0. The molecule has 0 aliphatic carbocycles. The van der Waals surface area contributed by atoms with E-state index in [4.69, 9.17) is 37.0 Å². The number of carbonyl (C=O) groups is 4. The molecular formula is C81H158O17P2. The molecular weight excluding hydrogens is 1310 g/mol. The highest BCUT2D eigenvalue weighted by atomic mass is 31.2. The van der Waals surface area contributed by atoms with Crippen LogP contribution in [-0.2, 0) is 65.4 Å². The normalized spacial score (nSPS) is 14.0. The summed E-state index contributed by atoms with van der Waals surface area (Å²) >= 11 is 0. The minimum absolute atomic E-state index is 0.106. The summed E-state index contributed by atoms with van der Waals surface area (Å²) in [6.45, 7) is 11.9. The Morgan fingerprint density at radius 3 is 0.680 bits per heavy atom. The summed E-state index contributed by atoms with van der Waals surface area (Å²) in [6.07, 6.45) is 59.7. The molecule has 0 aromatic carbocycles. The van der Waals surface area contributed by atoms with Gasteiger partial charge in [-0.3, -0.25) is 37.3 Å². The predicted octanol–water partition coefficient (Wildman–Crippen LogP) is 24.1. The van der Waals surface area contributed by atoms with Crippen LogP contribution in [0.5, 0.6) is 0 Å². The zero-order chi connectivity index (χ0) is 73.7. The molecule has 3 N–H and O–H groups in total. The van der Waals surface area contributed by atoms with Crippen molar-refractivity contribution in [3.05, 3.63) is 0 Å². The fourth-order valence-corrected chi connectivity index (χ4v) is 14.1. The SMILES string of the molecule is CCCCCCCCCCCCCCCCCCCCCC(=O)O[C@H](COC(=O)CCCCCCCCCCCCCCCC(C)C)COP(=O)(O)OC[C@@H](O)COP(=O)(O)OC[C@@H](COC(=O)CCCCCCCCCCC(C)C)OC(=O)CCCCCCCCCCCCCC(C)C. The van der Waals surface area contributed by atoms with E-state index in [2.05, 4.69) is 48.5 Å². The van der Waals surface area contributed by atoms with Crippen LogP contribution in [0.1, 0.15) is 421 Å². The Morgan fingerprint density at radius 1 is 0.270 bits per heavy atom. The fraction of sp³-hybridized carbons (Fsp3) is 0.951. The number of ether oxygens (including phenoxy) is 4. The number of aliphatic hydroxyl groups is 1. The molecule has 2 unspecified atom stereocenters. The first-order valence-corrected chi connectivity index (χ1v) is 44.8. The Labute approximate surface area is 613 Å². The minimum Gasteiger partial charge on any atom is -0.462 e. The molecule has 0 aliphatic heterocycles. The molecule has 17 nitrogen and oxygen atoms in total. The van der Waals surface area contributed by atoms with E-state index in [1.165, 1.54) is 231 Å². The third kappa shape index (κ3) is 74.3. The Hall–Kier alpha value is -1.94. The van der Waals surface area contributed by atoms with Gasteiger partial charge in [-0.2, -0.15) is 0 Å². The van der Waals surface area contributed by atoms with Gasteiger partial charge in [-0.15, -0.1) is 0 Å². The number of hydrogen-bond acceptors (Lipinski definition) is 15. The van der Waals surface area contributed by atoms with Crippen molar-refractivity contribution >= 4 is 39.5 Å². The van der Waals surface area contributed by atoms with Gasteiger partial charge in [0, 0.05) is 25.7 Å². The zero-order valence-corrected chi connectivity index (χ0v) is 67.5. The van der Waals surface area contributed by atoms with E-state index in [-0.39, 0.29) is 25.7 Å². The number of unbranched alkanes of at least 4 members (excludes halogenated alkanes) is 47. The Morgan fingerprint density at radius 2 is 0.460 bits per heavy atom. The Bertz CT molecular complexity index is 1940. The standard InChI is InChI=1S/C81H158O17P2/c1-8-9-10-11-12-13-14-15-16-17-18-19-20-23-29-34-43-50-57-64-80(85)97-76(68-91-78(83)62-55-48-41-33-28-24-21-22-26-31-38-45-52-59-72(2)3)70-95-99(87,88)93-66-75(82)67-94-100(89,90)96-71-77(69-92-79(84)63-56-49-42-37-36-40-47-54-61-74(6)7)98-81(86)65-58-51-44-35-30-25-27-32-39-46-53-60-73(4)5/h72-77,82H,8-71H2,1-7H3,(H,87,88)(H,89,90)/t75-,76-,77-/m1/s1. The molecule has 0 aliphatic rings. The maximum atomic E-state index is 13.1. The van der Waals surface area contributed by atoms with E-state index >= 15 is 0 Å². The first-order valence-electron chi connectivity index (χ1n) is 41.8. The molecule has 0 spiro atoms. The molecule has 0 fully saturated rings. The van der Waals surface area contributed by atoms with Crippen LogP contribution in [0.15, 0.2) is 0 Å². The van der Waals surface area contributed by atoms with Gasteiger partial charge in [0.2, 0.25) is 0 Å². The number of phosphoric acid groups is 2. The van der Waals surface area contributed by atoms with Gasteiger partial charge in [-0.1, -0.05) is 370 Å². The van der Waals surface area contributed by atoms with Crippen LogP contribution in [0.2, 0.25) is 0 Å². The first-order chi connectivity index (χ1) is 48.2. The van der Waals surface area contributed by atoms with E-state index in [9.17, 15) is 43.2 Å². The number of esters is 4. The van der Waals surface area contributed by atoms with Crippen molar-refractivity contribution in [2.75, 3.05) is 39.6 Å². The van der Waals surface area contributed by atoms with Gasteiger partial charge in [-0.25, -0.2) is 9.13 Å². The van der Waals surface area contributed by atoms with E-state index in [0.717, 1.165) is 108 Å². The highest BCUT2D eigenvalue weighted by Crippen LogP contribution is 2.45. The van der Waals surface area contributed by atoms with Crippen molar-refractivity contribution in [1.82, 2.24) is 0 Å². The van der Waals surface area contributed by atoms with Gasteiger partial charge in [-0.05, 0) is 43.4 Å². The van der Waals surface area contributed by atoms with Crippen LogP contribution in [0.25, 0.3) is 0 Å². The van der Waals surface area contributed by atoms with Crippen molar-refractivity contribution < 1.29 is 80.2 Å². The number of carbonyl (C=O) groups excluding carboxylic acids is 4. The van der Waals surface area contributed by atoms with Crippen LogP contribution in [0.3, 0.4) is 0 Å². The van der Waals surface area contributed by atoms with Crippen LogP contribution in [0.4, 0.5) is 0 Å². The van der Waals surface area contributed by atoms with Gasteiger partial charge >= 0.3 is 39.5 Å². The average Bonchev–Trinajstić information content (AvgIpc) is 1.06. The summed E-state index contributed by atoms with van der Waals surface area (Å²) in [5.41, 5.74) is 0. The number of aliphatic hydroxyl groups excluding tert-OH is 1. The smallest absolute Gasteiger partial charge is 0.462 e. The lowest BCUT2D eigenvalue weighted by molar-refractivity contribution is -0.161. The van der Waals surface area contributed by atoms with Gasteiger partial charge in [0.05, 0.1) is 26.4 Å². The highest BCUT2D eigenvalue weighted by molar-refractivity contribution is 7.47. The lowest BCUT2D eigenvalue weighted by Gasteiger charge is -2.21. The molecule has 0 aromatic rings. The zero-order valence-electron chi connectivity index (χ0n) is 65.7. The monoisotopic (exact) mass is 1470 g/mol. The lowest BCUT2D eigenvalue weighted by Crippen LogP contribution is -2.30. The van der Waals surface area contributed by atoms with Crippen molar-refractivity contribution in [3.63, 3.8) is 0 Å². The maximum absolute atomic E-state index is 13.1. The second-order valence-electron chi connectivity index (χ2n) is 30.6. The molecule has 594 valence electrons. The first kappa shape index (κ1) is 98.1. The topological polar surface area (TPSA) is 237 Å². The van der Waals surface area contributed by atoms with Crippen LogP contribution in [-0.4, -0.2) is 96.7 Å². The summed E-state index contributed by atoms with van der Waals surface area (Å²) < 4.78 is 68.7. The molecule has 0 saturated carbocycles. The largest absolute Gasteiger partial charge is 0.472 e. The lowest BCUT2D eigenvalue weighted by atomic mass is 10.0. The van der Waals surface area contributed by atoms with E-state index < -0.39 is 97.5 Å². The molecule has 0 radical (unpaired) electrons. The molecule has 0 heterocycles. The number of phosphoric ester groups is 2. The molecule has 0 bridgehead atoms. The fourth-order valence-electron chi connectivity index (χ4n) is 12.5. The van der Waals surface area contributed by atoms with E-state index in [1.807, 2.05) is 0 Å². The van der Waals surface area contributed by atoms with Gasteiger partial charge in [0.25, 0.3) is 0 Å². The molecule has 100 heavy (non-hydrogen) atoms. The van der Waals surface area contributed by atoms with Gasteiger partial charge in [0.1, 0.15) is 19.3 Å². The maximum Gasteiger partial charge on any atom is 0.472 e. The molecule has 0 amide bonds. The van der Waals surface area contributed by atoms with Crippen LogP contribution >= 0.6 is 15.6 Å². The Kier molecular flexibility index (Phi) is 69.9. The molecule has 19 heteroatoms. The van der Waals surface area contributed by atoms with E-state index in [1.54, 1.807) is 0 Å². The molecule has 0 saturated heterocycles. The number of hydrogen-bond donors (Lipinski definition) is 3. The van der Waals surface area contributed by atoms with Crippen LogP contribution < -0.4 is 0 Å².